The zero-order valence-electron chi connectivity index (χ0n) is 28.8. The molecule has 4 aromatic heterocycles. The molecule has 12 aromatic rings. The quantitative estimate of drug-likeness (QED) is 0.183. The largest absolute Gasteiger partial charge is 0.455 e. The van der Waals surface area contributed by atoms with Crippen molar-refractivity contribution >= 4 is 87.2 Å². The van der Waals surface area contributed by atoms with Crippen LogP contribution in [0.3, 0.4) is 0 Å². The predicted molar refractivity (Wildman–Crippen MR) is 225 cm³/mol. The van der Waals surface area contributed by atoms with E-state index >= 15 is 0 Å². The number of furan rings is 2. The fourth-order valence-corrected chi connectivity index (χ4v) is 9.32. The van der Waals surface area contributed by atoms with Gasteiger partial charge in [-0.05, 0) is 71.8 Å². The van der Waals surface area contributed by atoms with E-state index in [1.165, 1.54) is 15.5 Å². The zero-order chi connectivity index (χ0) is 35.3. The zero-order valence-corrected chi connectivity index (χ0v) is 29.6. The van der Waals surface area contributed by atoms with Crippen LogP contribution in [0.25, 0.3) is 114 Å². The Morgan fingerprint density at radius 2 is 0.981 bits per heavy atom. The lowest BCUT2D eigenvalue weighted by atomic mass is 9.98. The molecule has 54 heavy (non-hydrogen) atoms. The maximum atomic E-state index is 6.51. The van der Waals surface area contributed by atoms with Crippen LogP contribution in [-0.2, 0) is 0 Å². The van der Waals surface area contributed by atoms with Crippen LogP contribution in [-0.4, -0.2) is 9.55 Å². The van der Waals surface area contributed by atoms with Gasteiger partial charge in [-0.25, -0.2) is 4.98 Å². The Bertz CT molecular complexity index is 3260. The van der Waals surface area contributed by atoms with Crippen molar-refractivity contribution in [2.75, 3.05) is 0 Å². The molecule has 0 bridgehead atoms. The molecule has 0 aliphatic carbocycles. The number of hydrogen-bond donors (Lipinski definition) is 0. The summed E-state index contributed by atoms with van der Waals surface area (Å²) in [5.74, 6) is 0. The molecule has 0 spiro atoms. The Labute approximate surface area is 312 Å². The maximum absolute atomic E-state index is 6.51. The SMILES string of the molecule is c1cc(-c2nc3ccccc3s2)cc(-n2c3ccc(-c4cccc5c4oc4ccccc45)cc3c3cc(-c4cccc5c4oc4ccccc45)ccc32)c1. The Hall–Kier alpha value is -6.95. The highest BCUT2D eigenvalue weighted by Gasteiger charge is 2.19. The smallest absolute Gasteiger partial charge is 0.143 e. The van der Waals surface area contributed by atoms with E-state index in [1.54, 1.807) is 11.3 Å². The summed E-state index contributed by atoms with van der Waals surface area (Å²) < 4.78 is 16.6. The Morgan fingerprint density at radius 3 is 1.61 bits per heavy atom. The number of para-hydroxylation sites is 5. The molecule has 0 unspecified atom stereocenters. The van der Waals surface area contributed by atoms with Gasteiger partial charge >= 0.3 is 0 Å². The lowest BCUT2D eigenvalue weighted by Crippen LogP contribution is -1.94. The summed E-state index contributed by atoms with van der Waals surface area (Å²) in [5, 5.41) is 7.85. The minimum Gasteiger partial charge on any atom is -0.455 e. The fraction of sp³-hybridized carbons (Fsp3) is 0. The minimum absolute atomic E-state index is 0.898. The number of hydrogen-bond acceptors (Lipinski definition) is 4. The van der Waals surface area contributed by atoms with Gasteiger partial charge in [-0.1, -0.05) is 109 Å². The highest BCUT2D eigenvalue weighted by Crippen LogP contribution is 2.42. The van der Waals surface area contributed by atoms with E-state index in [-0.39, 0.29) is 0 Å². The molecule has 8 aromatic carbocycles. The predicted octanol–water partition coefficient (Wildman–Crippen LogP) is 14.2. The molecular weight excluding hydrogens is 681 g/mol. The van der Waals surface area contributed by atoms with Gasteiger partial charge in [0.05, 0.1) is 21.3 Å². The van der Waals surface area contributed by atoms with Crippen molar-refractivity contribution in [2.45, 2.75) is 0 Å². The molecule has 5 heteroatoms. The van der Waals surface area contributed by atoms with Crippen molar-refractivity contribution in [3.8, 4) is 38.5 Å². The van der Waals surface area contributed by atoms with Gasteiger partial charge in [0, 0.05) is 54.7 Å². The average Bonchev–Trinajstić information content (AvgIpc) is 4.01. The monoisotopic (exact) mass is 708 g/mol. The van der Waals surface area contributed by atoms with Crippen LogP contribution in [0.1, 0.15) is 0 Å². The van der Waals surface area contributed by atoms with Crippen LogP contribution in [0.15, 0.2) is 179 Å². The van der Waals surface area contributed by atoms with E-state index in [4.69, 9.17) is 13.8 Å². The maximum Gasteiger partial charge on any atom is 0.143 e. The molecule has 0 fully saturated rings. The van der Waals surface area contributed by atoms with Crippen LogP contribution in [0.5, 0.6) is 0 Å². The Balaban J connectivity index is 1.11. The Morgan fingerprint density at radius 1 is 0.426 bits per heavy atom. The van der Waals surface area contributed by atoms with Crippen molar-refractivity contribution in [1.29, 1.82) is 0 Å². The van der Waals surface area contributed by atoms with Crippen molar-refractivity contribution in [1.82, 2.24) is 9.55 Å². The topological polar surface area (TPSA) is 44.1 Å². The first-order chi connectivity index (χ1) is 26.7. The van der Waals surface area contributed by atoms with E-state index in [0.29, 0.717) is 0 Å². The molecule has 0 atom stereocenters. The van der Waals surface area contributed by atoms with Crippen LogP contribution in [0, 0.1) is 0 Å². The van der Waals surface area contributed by atoms with Gasteiger partial charge in [-0.2, -0.15) is 0 Å². The summed E-state index contributed by atoms with van der Waals surface area (Å²) in [6.45, 7) is 0. The van der Waals surface area contributed by atoms with Gasteiger partial charge in [0.15, 0.2) is 0 Å². The summed E-state index contributed by atoms with van der Waals surface area (Å²) in [5.41, 5.74) is 13.5. The van der Waals surface area contributed by atoms with Crippen molar-refractivity contribution in [3.63, 3.8) is 0 Å². The van der Waals surface area contributed by atoms with Crippen LogP contribution >= 0.6 is 11.3 Å². The van der Waals surface area contributed by atoms with E-state index in [1.807, 2.05) is 30.3 Å². The summed E-state index contributed by atoms with van der Waals surface area (Å²) >= 11 is 1.73. The van der Waals surface area contributed by atoms with Crippen LogP contribution < -0.4 is 0 Å². The molecule has 4 nitrogen and oxygen atoms in total. The summed E-state index contributed by atoms with van der Waals surface area (Å²) in [7, 11) is 0. The summed E-state index contributed by atoms with van der Waals surface area (Å²) in [6.07, 6.45) is 0. The molecule has 0 radical (unpaired) electrons. The highest BCUT2D eigenvalue weighted by atomic mass is 32.1. The van der Waals surface area contributed by atoms with E-state index in [2.05, 4.69) is 144 Å². The Kier molecular flexibility index (Phi) is 6.18. The van der Waals surface area contributed by atoms with Gasteiger partial charge in [0.25, 0.3) is 0 Å². The number of fused-ring (bicyclic) bond motifs is 10. The summed E-state index contributed by atoms with van der Waals surface area (Å²) in [4.78, 5) is 4.99. The van der Waals surface area contributed by atoms with Gasteiger partial charge in [0.2, 0.25) is 0 Å². The first-order valence-electron chi connectivity index (χ1n) is 18.1. The van der Waals surface area contributed by atoms with E-state index in [0.717, 1.165) is 98.9 Å². The van der Waals surface area contributed by atoms with Gasteiger partial charge in [0.1, 0.15) is 27.3 Å². The third-order valence-electron chi connectivity index (χ3n) is 10.8. The molecule has 4 heterocycles. The molecule has 0 N–H and O–H groups in total. The third kappa shape index (κ3) is 4.33. The highest BCUT2D eigenvalue weighted by molar-refractivity contribution is 7.21. The van der Waals surface area contributed by atoms with Crippen molar-refractivity contribution in [3.05, 3.63) is 170 Å². The second-order valence-corrected chi connectivity index (χ2v) is 14.9. The standard InChI is InChI=1S/C49H28N2O2S/c1-4-19-44-35(12-1)37-16-8-14-33(47(37)52-44)29-22-24-42-39(27-29)40-28-30(34-15-9-17-38-36-13-2-5-20-45(36)53-48(34)38)23-25-43(40)51(42)32-11-7-10-31(26-32)49-50-41-18-3-6-21-46(41)54-49/h1-28H. The van der Waals surface area contributed by atoms with Crippen molar-refractivity contribution < 1.29 is 8.83 Å². The first kappa shape index (κ1) is 29.6. The second-order valence-electron chi connectivity index (χ2n) is 13.9. The molecular formula is C49H28N2O2S. The van der Waals surface area contributed by atoms with Crippen molar-refractivity contribution in [2.24, 2.45) is 0 Å². The fourth-order valence-electron chi connectivity index (χ4n) is 8.36. The van der Waals surface area contributed by atoms with E-state index < -0.39 is 0 Å². The first-order valence-corrected chi connectivity index (χ1v) is 18.9. The number of aromatic nitrogens is 2. The molecule has 12 rings (SSSR count). The molecule has 0 amide bonds. The van der Waals surface area contributed by atoms with Gasteiger partial charge < -0.3 is 13.4 Å². The van der Waals surface area contributed by atoms with Gasteiger partial charge in [-0.3, -0.25) is 0 Å². The molecule has 0 saturated heterocycles. The minimum atomic E-state index is 0.898. The van der Waals surface area contributed by atoms with Crippen LogP contribution in [0.4, 0.5) is 0 Å². The van der Waals surface area contributed by atoms with Crippen LogP contribution in [0.2, 0.25) is 0 Å². The number of thiazole rings is 1. The molecule has 0 aliphatic rings. The molecule has 252 valence electrons. The molecule has 0 saturated carbocycles. The van der Waals surface area contributed by atoms with Gasteiger partial charge in [-0.15, -0.1) is 11.3 Å². The average molecular weight is 709 g/mol. The number of benzene rings is 8. The third-order valence-corrected chi connectivity index (χ3v) is 11.9. The lowest BCUT2D eigenvalue weighted by molar-refractivity contribution is 0.669. The number of nitrogens with zero attached hydrogens (tertiary/aromatic N) is 2. The molecule has 0 aliphatic heterocycles. The normalized spacial score (nSPS) is 12.1. The lowest BCUT2D eigenvalue weighted by Gasteiger charge is -2.10. The number of rotatable bonds is 4. The summed E-state index contributed by atoms with van der Waals surface area (Å²) in [6, 6.07) is 60.2. The van der Waals surface area contributed by atoms with E-state index in [9.17, 15) is 0 Å². The second kappa shape index (κ2) is 11.3.